The SMILES string of the molecule is CCCC=NNC(=O)c1ccc(NC(=O)CC)cc1. The van der Waals surface area contributed by atoms with Gasteiger partial charge >= 0.3 is 0 Å². The summed E-state index contributed by atoms with van der Waals surface area (Å²) in [7, 11) is 0. The molecule has 0 saturated heterocycles. The summed E-state index contributed by atoms with van der Waals surface area (Å²) in [5.74, 6) is -0.318. The normalized spacial score (nSPS) is 10.4. The van der Waals surface area contributed by atoms with E-state index in [0.29, 0.717) is 17.7 Å². The molecule has 0 bridgehead atoms. The number of hydrogen-bond acceptors (Lipinski definition) is 3. The van der Waals surface area contributed by atoms with E-state index < -0.39 is 0 Å². The van der Waals surface area contributed by atoms with Crippen molar-refractivity contribution < 1.29 is 9.59 Å². The van der Waals surface area contributed by atoms with Gasteiger partial charge in [0.25, 0.3) is 5.91 Å². The van der Waals surface area contributed by atoms with Crippen LogP contribution < -0.4 is 10.7 Å². The summed E-state index contributed by atoms with van der Waals surface area (Å²) in [4.78, 5) is 22.9. The van der Waals surface area contributed by atoms with Gasteiger partial charge in [-0.15, -0.1) is 0 Å². The molecule has 0 aliphatic heterocycles. The van der Waals surface area contributed by atoms with E-state index in [1.807, 2.05) is 6.92 Å². The number of unbranched alkanes of at least 4 members (excludes halogenated alkanes) is 1. The summed E-state index contributed by atoms with van der Waals surface area (Å²) in [6, 6.07) is 6.68. The van der Waals surface area contributed by atoms with E-state index in [4.69, 9.17) is 0 Å². The zero-order valence-electron chi connectivity index (χ0n) is 11.3. The number of carbonyl (C=O) groups excluding carboxylic acids is 2. The Labute approximate surface area is 113 Å². The Morgan fingerprint density at radius 2 is 1.89 bits per heavy atom. The van der Waals surface area contributed by atoms with Gasteiger partial charge in [0.15, 0.2) is 0 Å². The van der Waals surface area contributed by atoms with Crippen molar-refractivity contribution in [3.05, 3.63) is 29.8 Å². The van der Waals surface area contributed by atoms with Crippen molar-refractivity contribution >= 4 is 23.7 Å². The molecule has 0 atom stereocenters. The molecule has 2 amide bonds. The monoisotopic (exact) mass is 261 g/mol. The smallest absolute Gasteiger partial charge is 0.271 e. The highest BCUT2D eigenvalue weighted by Gasteiger charge is 2.04. The van der Waals surface area contributed by atoms with Crippen molar-refractivity contribution in [1.29, 1.82) is 0 Å². The highest BCUT2D eigenvalue weighted by molar-refractivity contribution is 5.95. The Hall–Kier alpha value is -2.17. The first kappa shape index (κ1) is 14.9. The first-order valence-corrected chi connectivity index (χ1v) is 6.39. The number of hydrogen-bond donors (Lipinski definition) is 2. The number of anilines is 1. The quantitative estimate of drug-likeness (QED) is 0.610. The Morgan fingerprint density at radius 1 is 1.21 bits per heavy atom. The predicted molar refractivity (Wildman–Crippen MR) is 76.2 cm³/mol. The van der Waals surface area contributed by atoms with Gasteiger partial charge < -0.3 is 5.32 Å². The second-order valence-corrected chi connectivity index (χ2v) is 4.02. The lowest BCUT2D eigenvalue weighted by Gasteiger charge is -2.04. The molecule has 0 unspecified atom stereocenters. The lowest BCUT2D eigenvalue weighted by atomic mass is 10.2. The van der Waals surface area contributed by atoms with Gasteiger partial charge in [0, 0.05) is 23.9 Å². The number of nitrogens with one attached hydrogen (secondary N) is 2. The molecule has 5 heteroatoms. The van der Waals surface area contributed by atoms with Gasteiger partial charge in [0.1, 0.15) is 0 Å². The summed E-state index contributed by atoms with van der Waals surface area (Å²) < 4.78 is 0. The molecule has 5 nitrogen and oxygen atoms in total. The molecule has 0 saturated carbocycles. The van der Waals surface area contributed by atoms with E-state index in [-0.39, 0.29) is 11.8 Å². The molecular formula is C14H19N3O2. The summed E-state index contributed by atoms with van der Waals surface area (Å²) >= 11 is 0. The van der Waals surface area contributed by atoms with Crippen molar-refractivity contribution in [2.45, 2.75) is 33.1 Å². The van der Waals surface area contributed by atoms with Crippen molar-refractivity contribution in [2.75, 3.05) is 5.32 Å². The standard InChI is InChI=1S/C14H19N3O2/c1-3-5-10-15-17-14(19)11-6-8-12(9-7-11)16-13(18)4-2/h6-10H,3-5H2,1-2H3,(H,16,18)(H,17,19). The van der Waals surface area contributed by atoms with Gasteiger partial charge in [-0.2, -0.15) is 5.10 Å². The first-order chi connectivity index (χ1) is 9.17. The van der Waals surface area contributed by atoms with Crippen LogP contribution in [0.4, 0.5) is 5.69 Å². The largest absolute Gasteiger partial charge is 0.326 e. The van der Waals surface area contributed by atoms with Gasteiger partial charge in [-0.3, -0.25) is 9.59 Å². The topological polar surface area (TPSA) is 70.6 Å². The molecule has 1 aromatic carbocycles. The fourth-order valence-corrected chi connectivity index (χ4v) is 1.32. The minimum absolute atomic E-state index is 0.0543. The van der Waals surface area contributed by atoms with Crippen molar-refractivity contribution in [3.63, 3.8) is 0 Å². The van der Waals surface area contributed by atoms with E-state index >= 15 is 0 Å². The van der Waals surface area contributed by atoms with Crippen molar-refractivity contribution in [1.82, 2.24) is 5.43 Å². The molecule has 0 aliphatic carbocycles. The van der Waals surface area contributed by atoms with E-state index in [0.717, 1.165) is 12.8 Å². The third-order valence-electron chi connectivity index (χ3n) is 2.43. The number of rotatable bonds is 6. The molecule has 19 heavy (non-hydrogen) atoms. The second-order valence-electron chi connectivity index (χ2n) is 4.02. The highest BCUT2D eigenvalue weighted by atomic mass is 16.2. The number of benzene rings is 1. The van der Waals surface area contributed by atoms with Gasteiger partial charge in [0.2, 0.25) is 5.91 Å². The number of nitrogens with zero attached hydrogens (tertiary/aromatic N) is 1. The Balaban J connectivity index is 2.55. The zero-order chi connectivity index (χ0) is 14.1. The molecular weight excluding hydrogens is 242 g/mol. The van der Waals surface area contributed by atoms with Crippen LogP contribution in [0.3, 0.4) is 0 Å². The molecule has 2 N–H and O–H groups in total. The number of hydrazone groups is 1. The van der Waals surface area contributed by atoms with Crippen LogP contribution >= 0.6 is 0 Å². The molecule has 0 aliphatic rings. The van der Waals surface area contributed by atoms with Crippen LogP contribution in [-0.2, 0) is 4.79 Å². The summed E-state index contributed by atoms with van der Waals surface area (Å²) in [5, 5.41) is 6.54. The summed E-state index contributed by atoms with van der Waals surface area (Å²) in [6.07, 6.45) is 3.93. The zero-order valence-corrected chi connectivity index (χ0v) is 11.3. The summed E-state index contributed by atoms with van der Waals surface area (Å²) in [6.45, 7) is 3.82. The van der Waals surface area contributed by atoms with E-state index in [1.54, 1.807) is 37.4 Å². The van der Waals surface area contributed by atoms with E-state index in [9.17, 15) is 9.59 Å². The Bertz CT molecular complexity index is 452. The molecule has 0 heterocycles. The minimum atomic E-state index is -0.263. The second kappa shape index (κ2) is 8.02. The maximum absolute atomic E-state index is 11.7. The van der Waals surface area contributed by atoms with Crippen molar-refractivity contribution in [3.8, 4) is 0 Å². The van der Waals surface area contributed by atoms with Crippen LogP contribution in [0.25, 0.3) is 0 Å². The Kier molecular flexibility index (Phi) is 6.29. The molecule has 1 aromatic rings. The van der Waals surface area contributed by atoms with Crippen molar-refractivity contribution in [2.24, 2.45) is 5.10 Å². The van der Waals surface area contributed by atoms with Gasteiger partial charge in [-0.05, 0) is 30.7 Å². The lowest BCUT2D eigenvalue weighted by molar-refractivity contribution is -0.115. The molecule has 102 valence electrons. The average molecular weight is 261 g/mol. The third kappa shape index (κ3) is 5.33. The maximum atomic E-state index is 11.7. The molecule has 0 fully saturated rings. The number of carbonyl (C=O) groups is 2. The lowest BCUT2D eigenvalue weighted by Crippen LogP contribution is -2.17. The first-order valence-electron chi connectivity index (χ1n) is 6.39. The van der Waals surface area contributed by atoms with Crippen LogP contribution in [0.2, 0.25) is 0 Å². The predicted octanol–water partition coefficient (Wildman–Crippen LogP) is 2.55. The van der Waals surface area contributed by atoms with Crippen LogP contribution in [0.1, 0.15) is 43.5 Å². The molecule has 0 radical (unpaired) electrons. The molecule has 0 aromatic heterocycles. The van der Waals surface area contributed by atoms with E-state index in [1.165, 1.54) is 0 Å². The Morgan fingerprint density at radius 3 is 2.47 bits per heavy atom. The van der Waals surface area contributed by atoms with Crippen LogP contribution in [-0.4, -0.2) is 18.0 Å². The third-order valence-corrected chi connectivity index (χ3v) is 2.43. The fraction of sp³-hybridized carbons (Fsp3) is 0.357. The van der Waals surface area contributed by atoms with Crippen LogP contribution in [0.15, 0.2) is 29.4 Å². The number of amides is 2. The summed E-state index contributed by atoms with van der Waals surface area (Å²) in [5.41, 5.74) is 3.63. The highest BCUT2D eigenvalue weighted by Crippen LogP contribution is 2.09. The fourth-order valence-electron chi connectivity index (χ4n) is 1.32. The average Bonchev–Trinajstić information content (AvgIpc) is 2.44. The maximum Gasteiger partial charge on any atom is 0.271 e. The molecule has 1 rings (SSSR count). The van der Waals surface area contributed by atoms with Crippen LogP contribution in [0.5, 0.6) is 0 Å². The molecule has 0 spiro atoms. The minimum Gasteiger partial charge on any atom is -0.326 e. The van der Waals surface area contributed by atoms with Gasteiger partial charge in [0.05, 0.1) is 0 Å². The van der Waals surface area contributed by atoms with Gasteiger partial charge in [-0.25, -0.2) is 5.43 Å². The van der Waals surface area contributed by atoms with Crippen LogP contribution in [0, 0.1) is 0 Å². The van der Waals surface area contributed by atoms with E-state index in [2.05, 4.69) is 15.8 Å². The van der Waals surface area contributed by atoms with Gasteiger partial charge in [-0.1, -0.05) is 20.3 Å².